The molecule has 5 N–H and O–H groups in total. The number of benzene rings is 3. The molecule has 3 aromatic rings. The minimum Gasteiger partial charge on any atom is -0.495 e. The van der Waals surface area contributed by atoms with Crippen LogP contribution in [0.5, 0.6) is 5.75 Å². The number of ether oxygens (including phenoxy) is 1. The van der Waals surface area contributed by atoms with Crippen molar-refractivity contribution in [3.8, 4) is 5.75 Å². The fourth-order valence-electron chi connectivity index (χ4n) is 5.60. The Hall–Kier alpha value is -3.31. The fraction of sp³-hybridized carbons (Fsp3) is 0.333. The highest BCUT2D eigenvalue weighted by molar-refractivity contribution is 6.31. The molecule has 224 valence electrons. The van der Waals surface area contributed by atoms with Gasteiger partial charge in [0, 0.05) is 28.6 Å². The number of carbonyl (C=O) groups excluding carboxylic acids is 1. The zero-order chi connectivity index (χ0) is 31.1. The SMILES string of the molecule is COc1cc(C(=O)O)c(F)cc1NC(=O)[C@@H]1N[C@@H](CC(C)(C)C)[C@](N)(c2ccc(Cl)cc2F)[C@H]1c1cccc(Cl)c1F. The number of rotatable bonds is 7. The third-order valence-electron chi connectivity index (χ3n) is 7.40. The third kappa shape index (κ3) is 5.94. The highest BCUT2D eigenvalue weighted by Gasteiger charge is 2.58. The molecule has 1 saturated heterocycles. The van der Waals surface area contributed by atoms with Crippen molar-refractivity contribution in [2.75, 3.05) is 12.4 Å². The van der Waals surface area contributed by atoms with Crippen molar-refractivity contribution in [2.24, 2.45) is 11.1 Å². The Kier molecular flexibility index (Phi) is 8.85. The number of anilines is 1. The van der Waals surface area contributed by atoms with Crippen molar-refractivity contribution in [1.29, 1.82) is 0 Å². The van der Waals surface area contributed by atoms with Gasteiger partial charge in [-0.05, 0) is 41.7 Å². The van der Waals surface area contributed by atoms with E-state index < -0.39 is 58.4 Å². The van der Waals surface area contributed by atoms with Gasteiger partial charge in [-0.15, -0.1) is 0 Å². The van der Waals surface area contributed by atoms with Crippen LogP contribution in [0.2, 0.25) is 10.0 Å². The van der Waals surface area contributed by atoms with Gasteiger partial charge in [0.15, 0.2) is 0 Å². The van der Waals surface area contributed by atoms with Crippen molar-refractivity contribution < 1.29 is 32.6 Å². The average Bonchev–Trinajstić information content (AvgIpc) is 3.16. The zero-order valence-corrected chi connectivity index (χ0v) is 24.7. The van der Waals surface area contributed by atoms with E-state index in [0.29, 0.717) is 6.42 Å². The molecular weight excluding hydrogens is 594 g/mol. The lowest BCUT2D eigenvalue weighted by atomic mass is 9.68. The van der Waals surface area contributed by atoms with Gasteiger partial charge in [0.25, 0.3) is 0 Å². The molecule has 0 bridgehead atoms. The maximum atomic E-state index is 15.7. The number of nitrogens with one attached hydrogen (secondary N) is 2. The molecule has 12 heteroatoms. The Balaban J connectivity index is 1.91. The quantitative estimate of drug-likeness (QED) is 0.240. The molecular formula is C30H30Cl2F3N3O4. The lowest BCUT2D eigenvalue weighted by Crippen LogP contribution is -2.52. The second kappa shape index (κ2) is 11.8. The van der Waals surface area contributed by atoms with Gasteiger partial charge in [0.2, 0.25) is 5.91 Å². The zero-order valence-electron chi connectivity index (χ0n) is 23.2. The van der Waals surface area contributed by atoms with E-state index in [1.54, 1.807) is 0 Å². The van der Waals surface area contributed by atoms with Crippen LogP contribution >= 0.6 is 23.2 Å². The normalized spacial score (nSPS) is 22.2. The van der Waals surface area contributed by atoms with Crippen molar-refractivity contribution in [1.82, 2.24) is 5.32 Å². The van der Waals surface area contributed by atoms with Crippen molar-refractivity contribution in [2.45, 2.75) is 50.7 Å². The standard InChI is InChI=1S/C30H30Cl2F3N3O4/c1-29(2,3)13-23-30(36,17-9-8-14(31)10-20(17)34)24(15-6-5-7-18(32)25(15)35)26(38-23)27(39)37-21-12-19(33)16(28(40)41)11-22(21)42-4/h5-12,23-24,26,38H,13,36H2,1-4H3,(H,37,39)(H,40,41)/t23-,24-,26+,30+/m0/s1. The smallest absolute Gasteiger partial charge is 0.338 e. The largest absolute Gasteiger partial charge is 0.495 e. The minimum absolute atomic E-state index is 0.00256. The first-order chi connectivity index (χ1) is 19.6. The Labute approximate surface area is 251 Å². The van der Waals surface area contributed by atoms with Crippen LogP contribution in [0.1, 0.15) is 54.6 Å². The number of carboxylic acid groups (broad SMARTS) is 1. The molecule has 0 aromatic heterocycles. The maximum Gasteiger partial charge on any atom is 0.338 e. The van der Waals surface area contributed by atoms with Gasteiger partial charge in [-0.25, -0.2) is 18.0 Å². The molecule has 0 radical (unpaired) electrons. The van der Waals surface area contributed by atoms with Crippen LogP contribution in [-0.2, 0) is 10.3 Å². The van der Waals surface area contributed by atoms with E-state index in [4.69, 9.17) is 33.7 Å². The van der Waals surface area contributed by atoms with Gasteiger partial charge in [-0.3, -0.25) is 4.79 Å². The van der Waals surface area contributed by atoms with E-state index in [9.17, 15) is 19.1 Å². The molecule has 7 nitrogen and oxygen atoms in total. The second-order valence-electron chi connectivity index (χ2n) is 11.5. The molecule has 4 atom stereocenters. The fourth-order valence-corrected chi connectivity index (χ4v) is 5.94. The summed E-state index contributed by atoms with van der Waals surface area (Å²) >= 11 is 12.2. The second-order valence-corrected chi connectivity index (χ2v) is 12.3. The summed E-state index contributed by atoms with van der Waals surface area (Å²) in [5, 5.41) is 14.9. The van der Waals surface area contributed by atoms with Crippen molar-refractivity contribution >= 4 is 40.8 Å². The number of carbonyl (C=O) groups is 2. The number of carboxylic acids is 1. The number of halogens is 5. The number of amides is 1. The minimum atomic E-state index is -1.71. The summed E-state index contributed by atoms with van der Waals surface area (Å²) in [4.78, 5) is 25.4. The molecule has 0 saturated carbocycles. The number of aromatic carboxylic acids is 1. The molecule has 3 aromatic carbocycles. The van der Waals surface area contributed by atoms with Crippen molar-refractivity contribution in [3.05, 3.63) is 92.7 Å². The van der Waals surface area contributed by atoms with Crippen LogP contribution < -0.4 is 21.1 Å². The average molecular weight is 624 g/mol. The van der Waals surface area contributed by atoms with Gasteiger partial charge in [-0.2, -0.15) is 0 Å². The van der Waals surface area contributed by atoms with Crippen LogP contribution in [0.3, 0.4) is 0 Å². The van der Waals surface area contributed by atoms with E-state index in [2.05, 4.69) is 10.6 Å². The molecule has 4 rings (SSSR count). The Bertz CT molecular complexity index is 1550. The molecule has 1 heterocycles. The molecule has 0 unspecified atom stereocenters. The predicted molar refractivity (Wildman–Crippen MR) is 155 cm³/mol. The predicted octanol–water partition coefficient (Wildman–Crippen LogP) is 6.47. The summed E-state index contributed by atoms with van der Waals surface area (Å²) in [6, 6.07) is 7.89. The third-order valence-corrected chi connectivity index (χ3v) is 7.92. The summed E-state index contributed by atoms with van der Waals surface area (Å²) in [5.74, 6) is -6.35. The van der Waals surface area contributed by atoms with Gasteiger partial charge < -0.3 is 26.2 Å². The lowest BCUT2D eigenvalue weighted by Gasteiger charge is -2.40. The first-order valence-electron chi connectivity index (χ1n) is 12.9. The van der Waals surface area contributed by atoms with E-state index in [0.717, 1.165) is 18.2 Å². The van der Waals surface area contributed by atoms with Gasteiger partial charge in [-0.1, -0.05) is 62.2 Å². The molecule has 1 aliphatic heterocycles. The number of hydrogen-bond donors (Lipinski definition) is 4. The number of nitrogens with two attached hydrogens (primary N) is 1. The van der Waals surface area contributed by atoms with E-state index in [1.165, 1.54) is 37.4 Å². The molecule has 1 fully saturated rings. The maximum absolute atomic E-state index is 15.7. The van der Waals surface area contributed by atoms with Crippen LogP contribution in [0.4, 0.5) is 18.9 Å². The van der Waals surface area contributed by atoms with Gasteiger partial charge in [0.05, 0.1) is 35.0 Å². The summed E-state index contributed by atoms with van der Waals surface area (Å²) in [6.07, 6.45) is 0.333. The molecule has 1 aliphatic rings. The van der Waals surface area contributed by atoms with Crippen LogP contribution in [0, 0.1) is 22.9 Å². The molecule has 0 aliphatic carbocycles. The van der Waals surface area contributed by atoms with Gasteiger partial charge >= 0.3 is 5.97 Å². The molecule has 1 amide bonds. The van der Waals surface area contributed by atoms with Crippen molar-refractivity contribution in [3.63, 3.8) is 0 Å². The Morgan fingerprint density at radius 1 is 1.10 bits per heavy atom. The van der Waals surface area contributed by atoms with E-state index >= 15 is 8.78 Å². The first kappa shape index (κ1) is 31.6. The molecule has 42 heavy (non-hydrogen) atoms. The number of methoxy groups -OCH3 is 1. The van der Waals surface area contributed by atoms with Crippen LogP contribution in [0.25, 0.3) is 0 Å². The summed E-state index contributed by atoms with van der Waals surface area (Å²) in [6.45, 7) is 5.81. The summed E-state index contributed by atoms with van der Waals surface area (Å²) < 4.78 is 51.1. The first-order valence-corrected chi connectivity index (χ1v) is 13.7. The summed E-state index contributed by atoms with van der Waals surface area (Å²) in [7, 11) is 1.22. The van der Waals surface area contributed by atoms with E-state index in [-0.39, 0.29) is 38.0 Å². The van der Waals surface area contributed by atoms with Crippen LogP contribution in [-0.4, -0.2) is 36.2 Å². The lowest BCUT2D eigenvalue weighted by molar-refractivity contribution is -0.118. The Morgan fingerprint density at radius 3 is 2.38 bits per heavy atom. The molecule has 0 spiro atoms. The highest BCUT2D eigenvalue weighted by Crippen LogP contribution is 2.50. The summed E-state index contributed by atoms with van der Waals surface area (Å²) in [5.41, 5.74) is 4.19. The Morgan fingerprint density at radius 2 is 1.79 bits per heavy atom. The van der Waals surface area contributed by atoms with Crippen LogP contribution in [0.15, 0.2) is 48.5 Å². The van der Waals surface area contributed by atoms with E-state index in [1.807, 2.05) is 20.8 Å². The number of hydrogen-bond acceptors (Lipinski definition) is 5. The van der Waals surface area contributed by atoms with Gasteiger partial charge in [0.1, 0.15) is 23.2 Å². The monoisotopic (exact) mass is 623 g/mol. The highest BCUT2D eigenvalue weighted by atomic mass is 35.5. The topological polar surface area (TPSA) is 114 Å².